The number of hydrogen-bond donors (Lipinski definition) is 1. The monoisotopic (exact) mass is 417 g/mol. The van der Waals surface area contributed by atoms with Crippen molar-refractivity contribution in [3.05, 3.63) is 65.5 Å². The van der Waals surface area contributed by atoms with Gasteiger partial charge in [0.05, 0.1) is 23.7 Å². The van der Waals surface area contributed by atoms with Gasteiger partial charge < -0.3 is 10.2 Å². The third-order valence-electron chi connectivity index (χ3n) is 7.58. The molecule has 5 rings (SSSR count). The molecule has 0 saturated heterocycles. The molecule has 2 aromatic rings. The molecular weight excluding hydrogens is 386 g/mol. The number of carbonyl (C=O) groups excluding carboxylic acids is 2. The van der Waals surface area contributed by atoms with E-state index in [1.54, 1.807) is 6.20 Å². The molecule has 2 fully saturated rings. The number of pyridine rings is 1. The quantitative estimate of drug-likeness (QED) is 0.792. The highest BCUT2D eigenvalue weighted by molar-refractivity contribution is 6.02. The van der Waals surface area contributed by atoms with Gasteiger partial charge in [-0.2, -0.15) is 0 Å². The summed E-state index contributed by atoms with van der Waals surface area (Å²) in [5, 5.41) is 3.17. The molecule has 5 nitrogen and oxygen atoms in total. The summed E-state index contributed by atoms with van der Waals surface area (Å²) in [5.74, 6) is -0.167. The summed E-state index contributed by atoms with van der Waals surface area (Å²) in [4.78, 5) is 34.1. The number of fused-ring (bicyclic) bond motifs is 1. The first-order valence-corrected chi connectivity index (χ1v) is 11.8. The molecule has 2 aliphatic carbocycles. The second-order valence-corrected chi connectivity index (χ2v) is 9.34. The van der Waals surface area contributed by atoms with Gasteiger partial charge in [0.25, 0.3) is 5.91 Å². The molecule has 2 saturated carbocycles. The maximum absolute atomic E-state index is 13.8. The minimum absolute atomic E-state index is 0.0236. The van der Waals surface area contributed by atoms with Gasteiger partial charge in [0.2, 0.25) is 5.91 Å². The Bertz CT molecular complexity index is 946. The van der Waals surface area contributed by atoms with Gasteiger partial charge in [-0.05, 0) is 49.4 Å². The molecule has 0 bridgehead atoms. The van der Waals surface area contributed by atoms with Gasteiger partial charge >= 0.3 is 0 Å². The molecule has 2 heterocycles. The number of amides is 2. The topological polar surface area (TPSA) is 62.3 Å². The number of aromatic nitrogens is 1. The van der Waals surface area contributed by atoms with Crippen molar-refractivity contribution in [2.75, 3.05) is 0 Å². The Morgan fingerprint density at radius 3 is 2.48 bits per heavy atom. The van der Waals surface area contributed by atoms with Crippen LogP contribution in [0.25, 0.3) is 0 Å². The van der Waals surface area contributed by atoms with E-state index in [1.807, 2.05) is 42.5 Å². The van der Waals surface area contributed by atoms with Crippen LogP contribution in [0.2, 0.25) is 0 Å². The highest BCUT2D eigenvalue weighted by atomic mass is 16.2. The first kappa shape index (κ1) is 20.2. The van der Waals surface area contributed by atoms with Crippen LogP contribution in [-0.4, -0.2) is 33.3 Å². The third-order valence-corrected chi connectivity index (χ3v) is 7.58. The normalized spacial score (nSPS) is 23.0. The summed E-state index contributed by atoms with van der Waals surface area (Å²) in [6.07, 6.45) is 11.3. The van der Waals surface area contributed by atoms with E-state index in [-0.39, 0.29) is 23.8 Å². The lowest BCUT2D eigenvalue weighted by atomic mass is 9.64. The van der Waals surface area contributed by atoms with E-state index < -0.39 is 5.54 Å². The van der Waals surface area contributed by atoms with Crippen LogP contribution in [0.3, 0.4) is 0 Å². The first-order chi connectivity index (χ1) is 15.2. The van der Waals surface area contributed by atoms with E-state index in [0.717, 1.165) is 49.8 Å². The number of rotatable bonds is 4. The third kappa shape index (κ3) is 3.54. The van der Waals surface area contributed by atoms with Crippen LogP contribution >= 0.6 is 0 Å². The van der Waals surface area contributed by atoms with E-state index >= 15 is 0 Å². The van der Waals surface area contributed by atoms with Gasteiger partial charge in [0.1, 0.15) is 0 Å². The fourth-order valence-electron chi connectivity index (χ4n) is 6.26. The van der Waals surface area contributed by atoms with E-state index in [4.69, 9.17) is 0 Å². The molecule has 1 N–H and O–H groups in total. The zero-order valence-electron chi connectivity index (χ0n) is 18.1. The number of hydrogen-bond acceptors (Lipinski definition) is 3. The summed E-state index contributed by atoms with van der Waals surface area (Å²) in [5.41, 5.74) is 2.06. The SMILES string of the molecule is O=C(NCc1ccccn1)[C@H]1c2ccccc2C(=O)N(C2CCCC2)C12CCCCC2. The van der Waals surface area contributed by atoms with Crippen LogP contribution in [0.15, 0.2) is 48.7 Å². The van der Waals surface area contributed by atoms with Crippen molar-refractivity contribution >= 4 is 11.8 Å². The van der Waals surface area contributed by atoms with Crippen LogP contribution in [0.5, 0.6) is 0 Å². The Hall–Kier alpha value is -2.69. The van der Waals surface area contributed by atoms with Gasteiger partial charge in [-0.25, -0.2) is 0 Å². The molecule has 1 spiro atoms. The molecule has 5 heteroatoms. The molecule has 1 aliphatic heterocycles. The van der Waals surface area contributed by atoms with Gasteiger partial charge in [0, 0.05) is 17.8 Å². The summed E-state index contributed by atoms with van der Waals surface area (Å²) in [6, 6.07) is 13.8. The Morgan fingerprint density at radius 1 is 1.00 bits per heavy atom. The van der Waals surface area contributed by atoms with Gasteiger partial charge in [0.15, 0.2) is 0 Å². The van der Waals surface area contributed by atoms with Crippen LogP contribution in [0.1, 0.15) is 85.3 Å². The smallest absolute Gasteiger partial charge is 0.254 e. The van der Waals surface area contributed by atoms with Gasteiger partial charge in [-0.1, -0.05) is 56.4 Å². The maximum Gasteiger partial charge on any atom is 0.254 e. The highest BCUT2D eigenvalue weighted by Crippen LogP contribution is 2.51. The predicted molar refractivity (Wildman–Crippen MR) is 120 cm³/mol. The fourth-order valence-corrected chi connectivity index (χ4v) is 6.26. The summed E-state index contributed by atoms with van der Waals surface area (Å²) < 4.78 is 0. The standard InChI is InChI=1S/C26H31N3O2/c30-24(28-18-19-10-6-9-17-27-19)23-21-13-4-5-14-22(21)25(31)29(20-11-2-3-12-20)26(23)15-7-1-8-16-26/h4-6,9-10,13-14,17,20,23H,1-3,7-8,11-12,15-16,18H2,(H,28,30)/t23-/m1/s1. The molecule has 0 unspecified atom stereocenters. The van der Waals surface area contributed by atoms with Crippen molar-refractivity contribution in [2.45, 2.75) is 81.8 Å². The van der Waals surface area contributed by atoms with Crippen LogP contribution < -0.4 is 5.32 Å². The van der Waals surface area contributed by atoms with Crippen LogP contribution in [0.4, 0.5) is 0 Å². The lowest BCUT2D eigenvalue weighted by Crippen LogP contribution is -2.65. The average Bonchev–Trinajstić information content (AvgIpc) is 3.33. The molecular formula is C26H31N3O2. The predicted octanol–water partition coefficient (Wildman–Crippen LogP) is 4.58. The minimum atomic E-state index is -0.410. The van der Waals surface area contributed by atoms with Crippen molar-refractivity contribution in [1.82, 2.24) is 15.2 Å². The van der Waals surface area contributed by atoms with Gasteiger partial charge in [-0.3, -0.25) is 14.6 Å². The van der Waals surface area contributed by atoms with E-state index in [2.05, 4.69) is 15.2 Å². The lowest BCUT2D eigenvalue weighted by molar-refractivity contribution is -0.128. The van der Waals surface area contributed by atoms with Gasteiger partial charge in [-0.15, -0.1) is 0 Å². The second-order valence-electron chi connectivity index (χ2n) is 9.34. The van der Waals surface area contributed by atoms with Crippen molar-refractivity contribution in [2.24, 2.45) is 0 Å². The maximum atomic E-state index is 13.8. The highest BCUT2D eigenvalue weighted by Gasteiger charge is 2.56. The molecule has 2 amide bonds. The Kier molecular flexibility index (Phi) is 5.51. The molecule has 0 radical (unpaired) electrons. The minimum Gasteiger partial charge on any atom is -0.350 e. The van der Waals surface area contributed by atoms with E-state index in [9.17, 15) is 9.59 Å². The summed E-state index contributed by atoms with van der Waals surface area (Å²) >= 11 is 0. The van der Waals surface area contributed by atoms with Crippen molar-refractivity contribution in [3.8, 4) is 0 Å². The van der Waals surface area contributed by atoms with E-state index in [0.29, 0.717) is 12.1 Å². The molecule has 1 aromatic carbocycles. The lowest BCUT2D eigenvalue weighted by Gasteiger charge is -2.56. The number of nitrogens with zero attached hydrogens (tertiary/aromatic N) is 2. The Labute approximate surface area is 184 Å². The number of nitrogens with one attached hydrogen (secondary N) is 1. The fraction of sp³-hybridized carbons (Fsp3) is 0.500. The number of benzene rings is 1. The first-order valence-electron chi connectivity index (χ1n) is 11.8. The molecule has 3 aliphatic rings. The second kappa shape index (κ2) is 8.45. The molecule has 31 heavy (non-hydrogen) atoms. The van der Waals surface area contributed by atoms with Crippen molar-refractivity contribution < 1.29 is 9.59 Å². The molecule has 1 aromatic heterocycles. The largest absolute Gasteiger partial charge is 0.350 e. The average molecular weight is 418 g/mol. The van der Waals surface area contributed by atoms with Crippen molar-refractivity contribution in [3.63, 3.8) is 0 Å². The Balaban J connectivity index is 1.56. The number of carbonyl (C=O) groups is 2. The van der Waals surface area contributed by atoms with Crippen LogP contribution in [-0.2, 0) is 11.3 Å². The zero-order chi connectivity index (χ0) is 21.3. The summed E-state index contributed by atoms with van der Waals surface area (Å²) in [6.45, 7) is 0.409. The molecule has 1 atom stereocenters. The molecule has 162 valence electrons. The van der Waals surface area contributed by atoms with E-state index in [1.165, 1.54) is 19.3 Å². The summed E-state index contributed by atoms with van der Waals surface area (Å²) in [7, 11) is 0. The van der Waals surface area contributed by atoms with Crippen LogP contribution in [0, 0.1) is 0 Å². The Morgan fingerprint density at radius 2 is 1.74 bits per heavy atom. The van der Waals surface area contributed by atoms with Crippen molar-refractivity contribution in [1.29, 1.82) is 0 Å². The zero-order valence-corrected chi connectivity index (χ0v) is 18.1.